The van der Waals surface area contributed by atoms with E-state index in [-0.39, 0.29) is 12.5 Å². The molecule has 1 heterocycles. The van der Waals surface area contributed by atoms with Crippen molar-refractivity contribution in [2.24, 2.45) is 0 Å². The number of nitrogens with one attached hydrogen (secondary N) is 2. The lowest BCUT2D eigenvalue weighted by molar-refractivity contribution is 0.0244. The van der Waals surface area contributed by atoms with Crippen molar-refractivity contribution in [1.82, 2.24) is 10.3 Å². The molecule has 0 fully saturated rings. The van der Waals surface area contributed by atoms with Crippen LogP contribution < -0.4 is 11.1 Å². The first-order valence-corrected chi connectivity index (χ1v) is 6.79. The maximum Gasteiger partial charge on any atom is 0.253 e. The van der Waals surface area contributed by atoms with Crippen molar-refractivity contribution < 1.29 is 14.6 Å². The minimum atomic E-state index is -1.00. The molecule has 5 N–H and O–H groups in total. The topological polar surface area (TPSA) is 100 Å². The number of ether oxygens (including phenoxy) is 1. The van der Waals surface area contributed by atoms with E-state index < -0.39 is 5.60 Å². The van der Waals surface area contributed by atoms with Crippen LogP contribution in [0.4, 0.5) is 5.69 Å². The lowest BCUT2D eigenvalue weighted by atomic mass is 10.0. The summed E-state index contributed by atoms with van der Waals surface area (Å²) in [5, 5.41) is 13.6. The molecule has 1 aromatic heterocycles. The highest BCUT2D eigenvalue weighted by atomic mass is 16.5. The average molecular weight is 291 g/mol. The number of hydrogen-bond donors (Lipinski definition) is 4. The summed E-state index contributed by atoms with van der Waals surface area (Å²) < 4.78 is 4.94. The summed E-state index contributed by atoms with van der Waals surface area (Å²) in [4.78, 5) is 15.3. The van der Waals surface area contributed by atoms with Gasteiger partial charge in [0.25, 0.3) is 5.91 Å². The molecule has 21 heavy (non-hydrogen) atoms. The molecule has 2 aromatic rings. The molecule has 0 aliphatic rings. The van der Waals surface area contributed by atoms with Gasteiger partial charge >= 0.3 is 0 Å². The molecule has 1 aromatic carbocycles. The fraction of sp³-hybridized carbons (Fsp3) is 0.400. The lowest BCUT2D eigenvalue weighted by Crippen LogP contribution is -2.41. The predicted octanol–water partition coefficient (Wildman–Crippen LogP) is 1.27. The van der Waals surface area contributed by atoms with Gasteiger partial charge in [0.1, 0.15) is 0 Å². The van der Waals surface area contributed by atoms with E-state index in [9.17, 15) is 9.90 Å². The van der Waals surface area contributed by atoms with E-state index in [1.165, 1.54) is 0 Å². The number of carbonyl (C=O) groups is 1. The summed E-state index contributed by atoms with van der Waals surface area (Å²) >= 11 is 0. The summed E-state index contributed by atoms with van der Waals surface area (Å²) in [5.41, 5.74) is 6.71. The van der Waals surface area contributed by atoms with Gasteiger partial charge in [0.05, 0.1) is 11.2 Å². The SMILES string of the molecule is COCCC(C)(O)CNC(=O)c1c[nH]c2ccc(N)cc12. The Hall–Kier alpha value is -2.05. The first kappa shape index (κ1) is 15.3. The molecule has 6 nitrogen and oxygen atoms in total. The van der Waals surface area contributed by atoms with Crippen LogP contribution in [-0.2, 0) is 4.74 Å². The number of rotatable bonds is 6. The van der Waals surface area contributed by atoms with E-state index in [1.54, 1.807) is 32.4 Å². The van der Waals surface area contributed by atoms with Crippen LogP contribution in [-0.4, -0.2) is 41.9 Å². The van der Waals surface area contributed by atoms with E-state index in [2.05, 4.69) is 10.3 Å². The number of aromatic amines is 1. The van der Waals surface area contributed by atoms with Crippen LogP contribution in [0, 0.1) is 0 Å². The Labute approximate surface area is 123 Å². The van der Waals surface area contributed by atoms with Crippen LogP contribution in [0.25, 0.3) is 10.9 Å². The van der Waals surface area contributed by atoms with Crippen molar-refractivity contribution in [3.05, 3.63) is 30.0 Å². The number of H-pyrrole nitrogens is 1. The smallest absolute Gasteiger partial charge is 0.253 e. The van der Waals surface area contributed by atoms with Crippen LogP contribution in [0.5, 0.6) is 0 Å². The second-order valence-corrected chi connectivity index (χ2v) is 5.43. The number of nitrogens with two attached hydrogens (primary N) is 1. The lowest BCUT2D eigenvalue weighted by Gasteiger charge is -2.23. The van der Waals surface area contributed by atoms with E-state index in [0.29, 0.717) is 24.3 Å². The first-order chi connectivity index (χ1) is 9.93. The van der Waals surface area contributed by atoms with Crippen molar-refractivity contribution >= 4 is 22.5 Å². The van der Waals surface area contributed by atoms with Crippen molar-refractivity contribution in [3.63, 3.8) is 0 Å². The molecular formula is C15H21N3O3. The number of fused-ring (bicyclic) bond motifs is 1. The molecule has 1 amide bonds. The molecule has 0 radical (unpaired) electrons. The van der Waals surface area contributed by atoms with E-state index in [4.69, 9.17) is 10.5 Å². The standard InChI is InChI=1S/C15H21N3O3/c1-15(20,5-6-21-2)9-18-14(19)12-8-17-13-4-3-10(16)7-11(12)13/h3-4,7-8,17,20H,5-6,9,16H2,1-2H3,(H,18,19). The summed E-state index contributed by atoms with van der Waals surface area (Å²) in [7, 11) is 1.57. The number of carbonyl (C=O) groups excluding carboxylic acids is 1. The Morgan fingerprint density at radius 2 is 2.29 bits per heavy atom. The highest BCUT2D eigenvalue weighted by Crippen LogP contribution is 2.21. The Morgan fingerprint density at radius 3 is 3.00 bits per heavy atom. The minimum Gasteiger partial charge on any atom is -0.399 e. The molecule has 0 spiro atoms. The normalized spacial score (nSPS) is 14.0. The van der Waals surface area contributed by atoms with E-state index in [1.807, 2.05) is 6.07 Å². The summed E-state index contributed by atoms with van der Waals surface area (Å²) in [6.45, 7) is 2.26. The Bertz CT molecular complexity index is 634. The Balaban J connectivity index is 2.07. The van der Waals surface area contributed by atoms with Crippen LogP contribution in [0.1, 0.15) is 23.7 Å². The first-order valence-electron chi connectivity index (χ1n) is 6.79. The molecular weight excluding hydrogens is 270 g/mol. The summed E-state index contributed by atoms with van der Waals surface area (Å²) in [6, 6.07) is 5.36. The second-order valence-electron chi connectivity index (χ2n) is 5.43. The maximum atomic E-state index is 12.2. The zero-order chi connectivity index (χ0) is 15.5. The van der Waals surface area contributed by atoms with Gasteiger partial charge in [0.15, 0.2) is 0 Å². The maximum absolute atomic E-state index is 12.2. The number of benzene rings is 1. The number of anilines is 1. The molecule has 2 rings (SSSR count). The molecule has 114 valence electrons. The molecule has 1 atom stereocenters. The molecule has 6 heteroatoms. The van der Waals surface area contributed by atoms with Gasteiger partial charge in [0, 0.05) is 49.5 Å². The number of methoxy groups -OCH3 is 1. The molecule has 0 saturated carbocycles. The third-order valence-electron chi connectivity index (χ3n) is 3.42. The van der Waals surface area contributed by atoms with Crippen LogP contribution in [0.15, 0.2) is 24.4 Å². The number of nitrogen functional groups attached to an aromatic ring is 1. The van der Waals surface area contributed by atoms with Crippen LogP contribution >= 0.6 is 0 Å². The fourth-order valence-electron chi connectivity index (χ4n) is 2.10. The summed E-state index contributed by atoms with van der Waals surface area (Å²) in [5.74, 6) is -0.246. The Morgan fingerprint density at radius 1 is 1.52 bits per heavy atom. The number of aliphatic hydroxyl groups is 1. The van der Waals surface area contributed by atoms with Crippen molar-refractivity contribution in [1.29, 1.82) is 0 Å². The van der Waals surface area contributed by atoms with Crippen molar-refractivity contribution in [2.45, 2.75) is 18.9 Å². The molecule has 0 aliphatic heterocycles. The van der Waals surface area contributed by atoms with E-state index in [0.717, 1.165) is 10.9 Å². The van der Waals surface area contributed by atoms with Crippen LogP contribution in [0.3, 0.4) is 0 Å². The number of amides is 1. The molecule has 0 aliphatic carbocycles. The van der Waals surface area contributed by atoms with Crippen molar-refractivity contribution in [3.8, 4) is 0 Å². The monoisotopic (exact) mass is 291 g/mol. The quantitative estimate of drug-likeness (QED) is 0.602. The largest absolute Gasteiger partial charge is 0.399 e. The molecule has 0 bridgehead atoms. The number of aromatic nitrogens is 1. The number of hydrogen-bond acceptors (Lipinski definition) is 4. The summed E-state index contributed by atoms with van der Waals surface area (Å²) in [6.07, 6.45) is 2.09. The van der Waals surface area contributed by atoms with Crippen molar-refractivity contribution in [2.75, 3.05) is 26.0 Å². The van der Waals surface area contributed by atoms with Gasteiger partial charge in [-0.2, -0.15) is 0 Å². The zero-order valence-electron chi connectivity index (χ0n) is 12.3. The molecule has 0 saturated heterocycles. The molecule has 1 unspecified atom stereocenters. The fourth-order valence-corrected chi connectivity index (χ4v) is 2.10. The zero-order valence-corrected chi connectivity index (χ0v) is 12.3. The van der Waals surface area contributed by atoms with Crippen LogP contribution in [0.2, 0.25) is 0 Å². The third-order valence-corrected chi connectivity index (χ3v) is 3.42. The predicted molar refractivity (Wildman–Crippen MR) is 82.2 cm³/mol. The van der Waals surface area contributed by atoms with E-state index >= 15 is 0 Å². The van der Waals surface area contributed by atoms with Gasteiger partial charge in [-0.05, 0) is 25.1 Å². The van der Waals surface area contributed by atoms with Gasteiger partial charge in [-0.25, -0.2) is 0 Å². The minimum absolute atomic E-state index is 0.157. The van der Waals surface area contributed by atoms with Gasteiger partial charge < -0.3 is 25.9 Å². The average Bonchev–Trinajstić information content (AvgIpc) is 2.86. The highest BCUT2D eigenvalue weighted by molar-refractivity contribution is 6.07. The van der Waals surface area contributed by atoms with Gasteiger partial charge in [-0.3, -0.25) is 4.79 Å². The third kappa shape index (κ3) is 3.74. The van der Waals surface area contributed by atoms with Gasteiger partial charge in [-0.15, -0.1) is 0 Å². The second kappa shape index (κ2) is 6.15. The van der Waals surface area contributed by atoms with Gasteiger partial charge in [-0.1, -0.05) is 0 Å². The highest BCUT2D eigenvalue weighted by Gasteiger charge is 2.22. The van der Waals surface area contributed by atoms with Gasteiger partial charge in [0.2, 0.25) is 0 Å². The Kier molecular flexibility index (Phi) is 4.50.